The molecule has 0 atom stereocenters. The van der Waals surface area contributed by atoms with E-state index in [0.717, 1.165) is 71.9 Å². The Morgan fingerprint density at radius 3 is 1.35 bits per heavy atom. The molecule has 0 aliphatic carbocycles. The zero-order valence-corrected chi connectivity index (χ0v) is 32.4. The second-order valence-corrected chi connectivity index (χ2v) is 14.9. The molecule has 8 aromatic carbocycles. The van der Waals surface area contributed by atoms with Crippen LogP contribution in [0.25, 0.3) is 88.4 Å². The van der Waals surface area contributed by atoms with Gasteiger partial charge in [-0.25, -0.2) is 0 Å². The molecule has 0 unspecified atom stereocenters. The maximum absolute atomic E-state index is 14.9. The Morgan fingerprint density at radius 2 is 0.855 bits per heavy atom. The van der Waals surface area contributed by atoms with Crippen LogP contribution >= 0.6 is 0 Å². The van der Waals surface area contributed by atoms with E-state index in [2.05, 4.69) is 24.3 Å². The molecule has 0 bridgehead atoms. The lowest BCUT2D eigenvalue weighted by molar-refractivity contribution is -0.137. The van der Waals surface area contributed by atoms with Gasteiger partial charge in [0.1, 0.15) is 0 Å². The standard InChI is InChI=1S/C53H27F3N6/c54-53(55,56)45-15-7-12-38(30-59)52(45)42-27-51(62-47-17-4-2-14-41(47)44-25-37(19-21-49(44)62)35-11-6-9-33(23-35)29-58)50(26-39(42)31-60)61-46-16-3-1-13-40(46)43-24-36(18-20-48(43)61)34-10-5-8-32(22-34)28-57/h1-27H. The van der Waals surface area contributed by atoms with Crippen molar-refractivity contribution in [3.63, 3.8) is 0 Å². The number of nitriles is 4. The fourth-order valence-electron chi connectivity index (χ4n) is 8.77. The van der Waals surface area contributed by atoms with Gasteiger partial charge in [-0.3, -0.25) is 0 Å². The molecule has 0 fully saturated rings. The molecule has 0 aliphatic heterocycles. The van der Waals surface area contributed by atoms with Crippen molar-refractivity contribution < 1.29 is 13.2 Å². The molecule has 0 spiro atoms. The Labute approximate surface area is 352 Å². The fraction of sp³-hybridized carbons (Fsp3) is 0.0189. The third kappa shape index (κ3) is 5.93. The highest BCUT2D eigenvalue weighted by molar-refractivity contribution is 6.13. The first kappa shape index (κ1) is 37.4. The highest BCUT2D eigenvalue weighted by atomic mass is 19.4. The first-order chi connectivity index (χ1) is 30.2. The monoisotopic (exact) mass is 804 g/mol. The van der Waals surface area contributed by atoms with Gasteiger partial charge in [-0.15, -0.1) is 0 Å². The van der Waals surface area contributed by atoms with E-state index in [1.165, 1.54) is 12.1 Å². The second kappa shape index (κ2) is 14.4. The average molecular weight is 805 g/mol. The summed E-state index contributed by atoms with van der Waals surface area (Å²) in [5.41, 5.74) is 6.87. The van der Waals surface area contributed by atoms with Gasteiger partial charge >= 0.3 is 6.18 Å². The number of aromatic nitrogens is 2. The molecule has 9 heteroatoms. The van der Waals surface area contributed by atoms with Crippen LogP contribution in [0.2, 0.25) is 0 Å². The molecule has 2 aromatic heterocycles. The van der Waals surface area contributed by atoms with Gasteiger partial charge in [0.25, 0.3) is 0 Å². The molecule has 0 N–H and O–H groups in total. The van der Waals surface area contributed by atoms with Crippen LogP contribution in [0.15, 0.2) is 164 Å². The maximum Gasteiger partial charge on any atom is 0.417 e. The Hall–Kier alpha value is -8.89. The van der Waals surface area contributed by atoms with E-state index < -0.39 is 11.7 Å². The van der Waals surface area contributed by atoms with Gasteiger partial charge in [-0.1, -0.05) is 78.9 Å². The van der Waals surface area contributed by atoms with Crippen molar-refractivity contribution in [3.8, 4) is 69.0 Å². The molecule has 0 radical (unpaired) electrons. The number of halogens is 3. The van der Waals surface area contributed by atoms with E-state index in [-0.39, 0.29) is 22.3 Å². The fourth-order valence-corrected chi connectivity index (χ4v) is 8.77. The summed E-state index contributed by atoms with van der Waals surface area (Å²) >= 11 is 0. The summed E-state index contributed by atoms with van der Waals surface area (Å²) in [6.45, 7) is 0. The zero-order chi connectivity index (χ0) is 42.7. The molecule has 0 aliphatic rings. The van der Waals surface area contributed by atoms with Gasteiger partial charge in [0.2, 0.25) is 0 Å². The zero-order valence-electron chi connectivity index (χ0n) is 32.4. The third-order valence-electron chi connectivity index (χ3n) is 11.5. The largest absolute Gasteiger partial charge is 0.417 e. The predicted octanol–water partition coefficient (Wildman–Crippen LogP) is 13.4. The van der Waals surface area contributed by atoms with Gasteiger partial charge in [-0.05, 0) is 107 Å². The summed E-state index contributed by atoms with van der Waals surface area (Å²) in [6.07, 6.45) is -4.84. The van der Waals surface area contributed by atoms with Crippen LogP contribution in [0.5, 0.6) is 0 Å². The number of hydrogen-bond donors (Lipinski definition) is 0. The van der Waals surface area contributed by atoms with Gasteiger partial charge in [0.05, 0.1) is 85.5 Å². The molecular formula is C53H27F3N6. The van der Waals surface area contributed by atoms with E-state index >= 15 is 0 Å². The van der Waals surface area contributed by atoms with Crippen LogP contribution in [0.1, 0.15) is 27.8 Å². The van der Waals surface area contributed by atoms with Crippen molar-refractivity contribution in [2.75, 3.05) is 0 Å². The molecule has 0 saturated heterocycles. The maximum atomic E-state index is 14.9. The first-order valence-corrected chi connectivity index (χ1v) is 19.5. The minimum Gasteiger partial charge on any atom is -0.307 e. The third-order valence-corrected chi connectivity index (χ3v) is 11.5. The summed E-state index contributed by atoms with van der Waals surface area (Å²) in [4.78, 5) is 0. The van der Waals surface area contributed by atoms with Crippen molar-refractivity contribution in [1.29, 1.82) is 21.0 Å². The predicted molar refractivity (Wildman–Crippen MR) is 235 cm³/mol. The van der Waals surface area contributed by atoms with Crippen LogP contribution in [0.4, 0.5) is 13.2 Å². The summed E-state index contributed by atoms with van der Waals surface area (Å²) < 4.78 is 48.8. The Morgan fingerprint density at radius 1 is 0.387 bits per heavy atom. The lowest BCUT2D eigenvalue weighted by Gasteiger charge is -2.21. The summed E-state index contributed by atoms with van der Waals surface area (Å²) in [7, 11) is 0. The number of hydrogen-bond acceptors (Lipinski definition) is 4. The van der Waals surface area contributed by atoms with Gasteiger partial charge < -0.3 is 9.13 Å². The summed E-state index contributed by atoms with van der Waals surface area (Å²) in [6, 6.07) is 57.5. The molecule has 290 valence electrons. The number of fused-ring (bicyclic) bond motifs is 6. The number of benzene rings is 8. The summed E-state index contributed by atoms with van der Waals surface area (Å²) in [5, 5.41) is 43.9. The minimum atomic E-state index is -4.84. The van der Waals surface area contributed by atoms with Crippen LogP contribution in [-0.2, 0) is 6.18 Å². The lowest BCUT2D eigenvalue weighted by Crippen LogP contribution is -2.10. The molecule has 0 amide bonds. The summed E-state index contributed by atoms with van der Waals surface area (Å²) in [5.74, 6) is 0. The second-order valence-electron chi connectivity index (χ2n) is 14.9. The van der Waals surface area contributed by atoms with Crippen molar-refractivity contribution in [2.45, 2.75) is 6.18 Å². The number of nitrogens with zero attached hydrogens (tertiary/aromatic N) is 6. The number of alkyl halides is 3. The van der Waals surface area contributed by atoms with Crippen molar-refractivity contribution >= 4 is 43.6 Å². The number of para-hydroxylation sites is 2. The normalized spacial score (nSPS) is 11.4. The highest BCUT2D eigenvalue weighted by Crippen LogP contribution is 2.45. The quantitative estimate of drug-likeness (QED) is 0.173. The van der Waals surface area contributed by atoms with Crippen LogP contribution < -0.4 is 0 Å². The van der Waals surface area contributed by atoms with E-state index in [1.807, 2.05) is 130 Å². The lowest BCUT2D eigenvalue weighted by atomic mass is 9.90. The van der Waals surface area contributed by atoms with Crippen molar-refractivity contribution in [2.24, 2.45) is 0 Å². The van der Waals surface area contributed by atoms with Crippen molar-refractivity contribution in [1.82, 2.24) is 9.13 Å². The smallest absolute Gasteiger partial charge is 0.307 e. The van der Waals surface area contributed by atoms with E-state index in [9.17, 15) is 34.2 Å². The first-order valence-electron chi connectivity index (χ1n) is 19.5. The van der Waals surface area contributed by atoms with Crippen LogP contribution in [0, 0.1) is 45.3 Å². The molecule has 6 nitrogen and oxygen atoms in total. The van der Waals surface area contributed by atoms with Gasteiger partial charge in [-0.2, -0.15) is 34.2 Å². The SMILES string of the molecule is N#Cc1cccc(-c2ccc3c(c2)c2ccccc2n3-c2cc(C#N)c(-c3c(C#N)cccc3C(F)(F)F)cc2-n2c3ccccc3c3cc(-c4cccc(C#N)c4)ccc32)c1. The van der Waals surface area contributed by atoms with Crippen LogP contribution in [0.3, 0.4) is 0 Å². The van der Waals surface area contributed by atoms with E-state index in [1.54, 1.807) is 24.3 Å². The van der Waals surface area contributed by atoms with Gasteiger partial charge in [0, 0.05) is 32.7 Å². The molecule has 62 heavy (non-hydrogen) atoms. The molecule has 10 rings (SSSR count). The number of rotatable bonds is 5. The highest BCUT2D eigenvalue weighted by Gasteiger charge is 2.36. The molecular weight excluding hydrogens is 778 g/mol. The van der Waals surface area contributed by atoms with E-state index in [0.29, 0.717) is 22.5 Å². The average Bonchev–Trinajstić information content (AvgIpc) is 3.82. The minimum absolute atomic E-state index is 0.0352. The molecule has 0 saturated carbocycles. The Bertz CT molecular complexity index is 3690. The van der Waals surface area contributed by atoms with Gasteiger partial charge in [0.15, 0.2) is 0 Å². The van der Waals surface area contributed by atoms with E-state index in [4.69, 9.17) is 0 Å². The Balaban J connectivity index is 1.34. The Kier molecular flexibility index (Phi) is 8.70. The molecule has 10 aromatic rings. The molecule has 2 heterocycles. The topological polar surface area (TPSA) is 105 Å². The van der Waals surface area contributed by atoms with Crippen LogP contribution in [-0.4, -0.2) is 9.13 Å². The van der Waals surface area contributed by atoms with Crippen molar-refractivity contribution in [3.05, 3.63) is 192 Å².